The van der Waals surface area contributed by atoms with Crippen LogP contribution in [0.15, 0.2) is 47.6 Å². The van der Waals surface area contributed by atoms with Gasteiger partial charge in [0, 0.05) is 18.4 Å². The largest absolute Gasteiger partial charge is 0.351 e. The Morgan fingerprint density at radius 2 is 1.96 bits per heavy atom. The van der Waals surface area contributed by atoms with Crippen LogP contribution in [-0.2, 0) is 11.3 Å². The van der Waals surface area contributed by atoms with Crippen LogP contribution in [-0.4, -0.2) is 20.6 Å². The van der Waals surface area contributed by atoms with Crippen LogP contribution in [0.4, 0.5) is 4.79 Å². The molecule has 0 N–H and O–H groups in total. The molecular weight excluding hydrogens is 356 g/mol. The van der Waals surface area contributed by atoms with Crippen molar-refractivity contribution in [2.75, 3.05) is 0 Å². The summed E-state index contributed by atoms with van der Waals surface area (Å²) < 4.78 is 2.27. The summed E-state index contributed by atoms with van der Waals surface area (Å²) in [5, 5.41) is -0.195. The van der Waals surface area contributed by atoms with Gasteiger partial charge in [0.25, 0.3) is 11.1 Å². The standard InChI is InChI=1S/C22H24N2O2S/c1-16-6-5-7-17(12-16)15-24-21(25)20(27-22(24)26)13-18-10-11-23(14-18)19-8-3-2-4-9-19/h5-7,10-14,19H,2-4,8-9,15H2,1H3/b20-13+. The average Bonchev–Trinajstić information content (AvgIpc) is 3.23. The van der Waals surface area contributed by atoms with Gasteiger partial charge in [-0.3, -0.25) is 14.5 Å². The number of nitrogens with zero attached hydrogens (tertiary/aromatic N) is 2. The first-order valence-electron chi connectivity index (χ1n) is 9.58. The minimum Gasteiger partial charge on any atom is -0.351 e. The highest BCUT2D eigenvalue weighted by atomic mass is 32.2. The Labute approximate surface area is 164 Å². The molecular formula is C22H24N2O2S. The molecule has 2 aromatic rings. The molecule has 1 saturated carbocycles. The number of aryl methyl sites for hydroxylation is 1. The van der Waals surface area contributed by atoms with Crippen molar-refractivity contribution in [2.24, 2.45) is 0 Å². The number of thioether (sulfide) groups is 1. The van der Waals surface area contributed by atoms with Crippen molar-refractivity contribution in [3.63, 3.8) is 0 Å². The third kappa shape index (κ3) is 4.03. The van der Waals surface area contributed by atoms with Gasteiger partial charge in [-0.1, -0.05) is 49.1 Å². The van der Waals surface area contributed by atoms with Gasteiger partial charge in [0.1, 0.15) is 0 Å². The average molecular weight is 381 g/mol. The molecule has 0 bridgehead atoms. The first-order valence-corrected chi connectivity index (χ1v) is 10.4. The molecule has 2 heterocycles. The predicted molar refractivity (Wildman–Crippen MR) is 109 cm³/mol. The van der Waals surface area contributed by atoms with Gasteiger partial charge in [-0.15, -0.1) is 0 Å². The second-order valence-corrected chi connectivity index (χ2v) is 8.43. The second kappa shape index (κ2) is 7.77. The molecule has 0 atom stereocenters. The Bertz CT molecular complexity index is 893. The van der Waals surface area contributed by atoms with Crippen molar-refractivity contribution in [1.82, 2.24) is 9.47 Å². The summed E-state index contributed by atoms with van der Waals surface area (Å²) in [6.07, 6.45) is 12.4. The topological polar surface area (TPSA) is 42.3 Å². The lowest BCUT2D eigenvalue weighted by Crippen LogP contribution is -2.27. The van der Waals surface area contributed by atoms with Crippen molar-refractivity contribution in [3.8, 4) is 0 Å². The Balaban J connectivity index is 1.48. The smallest absolute Gasteiger partial charge is 0.293 e. The SMILES string of the molecule is Cc1cccc(CN2C(=O)S/C(=C/c3ccn(C4CCCCC4)c3)C2=O)c1. The third-order valence-corrected chi connectivity index (χ3v) is 6.24. The van der Waals surface area contributed by atoms with Crippen LogP contribution in [0.5, 0.6) is 0 Å². The normalized spacial score (nSPS) is 20.0. The second-order valence-electron chi connectivity index (χ2n) is 7.44. The molecule has 2 fully saturated rings. The Kier molecular flexibility index (Phi) is 5.21. The van der Waals surface area contributed by atoms with Crippen molar-refractivity contribution in [2.45, 2.75) is 51.6 Å². The van der Waals surface area contributed by atoms with Gasteiger partial charge in [0.05, 0.1) is 11.4 Å². The van der Waals surface area contributed by atoms with Crippen molar-refractivity contribution >= 4 is 29.0 Å². The van der Waals surface area contributed by atoms with E-state index >= 15 is 0 Å². The van der Waals surface area contributed by atoms with E-state index < -0.39 is 0 Å². The van der Waals surface area contributed by atoms with Gasteiger partial charge in [0.2, 0.25) is 0 Å². The van der Waals surface area contributed by atoms with E-state index in [0.29, 0.717) is 17.5 Å². The summed E-state index contributed by atoms with van der Waals surface area (Å²) in [5.74, 6) is -0.197. The number of benzene rings is 1. The lowest BCUT2D eigenvalue weighted by Gasteiger charge is -2.23. The van der Waals surface area contributed by atoms with Crippen LogP contribution in [0, 0.1) is 6.92 Å². The van der Waals surface area contributed by atoms with Crippen molar-refractivity contribution < 1.29 is 9.59 Å². The molecule has 1 aliphatic heterocycles. The molecule has 0 spiro atoms. The summed E-state index contributed by atoms with van der Waals surface area (Å²) in [4.78, 5) is 26.9. The number of rotatable bonds is 4. The quantitative estimate of drug-likeness (QED) is 0.654. The van der Waals surface area contributed by atoms with Gasteiger partial charge in [0.15, 0.2) is 0 Å². The molecule has 1 saturated heterocycles. The van der Waals surface area contributed by atoms with E-state index in [0.717, 1.165) is 28.5 Å². The fraction of sp³-hybridized carbons (Fsp3) is 0.364. The number of hydrogen-bond donors (Lipinski definition) is 0. The fourth-order valence-corrected chi connectivity index (χ4v) is 4.74. The van der Waals surface area contributed by atoms with Crippen LogP contribution in [0.2, 0.25) is 0 Å². The van der Waals surface area contributed by atoms with Crippen molar-refractivity contribution in [3.05, 3.63) is 64.3 Å². The summed E-state index contributed by atoms with van der Waals surface area (Å²) in [7, 11) is 0. The minimum atomic E-state index is -0.197. The maximum Gasteiger partial charge on any atom is 0.293 e. The molecule has 2 amide bonds. The van der Waals surface area contributed by atoms with E-state index in [-0.39, 0.29) is 11.1 Å². The Hall–Kier alpha value is -2.27. The maximum atomic E-state index is 12.7. The number of amides is 2. The highest BCUT2D eigenvalue weighted by Crippen LogP contribution is 2.34. The Morgan fingerprint density at radius 3 is 2.74 bits per heavy atom. The molecule has 1 aliphatic carbocycles. The fourth-order valence-electron chi connectivity index (χ4n) is 3.90. The van der Waals surface area contributed by atoms with Crippen LogP contribution in [0.3, 0.4) is 0 Å². The van der Waals surface area contributed by atoms with E-state index in [2.05, 4.69) is 17.0 Å². The molecule has 1 aromatic carbocycles. The van der Waals surface area contributed by atoms with Crippen LogP contribution in [0.1, 0.15) is 54.8 Å². The van der Waals surface area contributed by atoms with E-state index in [1.807, 2.05) is 43.3 Å². The molecule has 1 aromatic heterocycles. The molecule has 4 rings (SSSR count). The van der Waals surface area contributed by atoms with Gasteiger partial charge in [-0.05, 0) is 54.8 Å². The third-order valence-electron chi connectivity index (χ3n) is 5.33. The first-order chi connectivity index (χ1) is 13.1. The summed E-state index contributed by atoms with van der Waals surface area (Å²) >= 11 is 1.03. The van der Waals surface area contributed by atoms with Crippen molar-refractivity contribution in [1.29, 1.82) is 0 Å². The van der Waals surface area contributed by atoms with Gasteiger partial charge in [-0.25, -0.2) is 0 Å². The highest BCUT2D eigenvalue weighted by molar-refractivity contribution is 8.18. The summed E-state index contributed by atoms with van der Waals surface area (Å²) in [6.45, 7) is 2.33. The lowest BCUT2D eigenvalue weighted by molar-refractivity contribution is -0.123. The zero-order valence-corrected chi connectivity index (χ0v) is 16.4. The van der Waals surface area contributed by atoms with Gasteiger partial charge < -0.3 is 4.57 Å². The zero-order chi connectivity index (χ0) is 18.8. The molecule has 0 unspecified atom stereocenters. The zero-order valence-electron chi connectivity index (χ0n) is 15.6. The molecule has 4 nitrogen and oxygen atoms in total. The number of aromatic nitrogens is 1. The molecule has 27 heavy (non-hydrogen) atoms. The van der Waals surface area contributed by atoms with E-state index in [1.165, 1.54) is 37.0 Å². The maximum absolute atomic E-state index is 12.7. The number of carbonyl (C=O) groups excluding carboxylic acids is 2. The van der Waals surface area contributed by atoms with Gasteiger partial charge in [-0.2, -0.15) is 0 Å². The monoisotopic (exact) mass is 380 g/mol. The van der Waals surface area contributed by atoms with Gasteiger partial charge >= 0.3 is 0 Å². The van der Waals surface area contributed by atoms with E-state index in [1.54, 1.807) is 0 Å². The van der Waals surface area contributed by atoms with Crippen LogP contribution < -0.4 is 0 Å². The summed E-state index contributed by atoms with van der Waals surface area (Å²) in [6, 6.07) is 10.5. The molecule has 5 heteroatoms. The van der Waals surface area contributed by atoms with E-state index in [9.17, 15) is 9.59 Å². The first kappa shape index (κ1) is 18.1. The number of carbonyl (C=O) groups is 2. The van der Waals surface area contributed by atoms with Crippen LogP contribution >= 0.6 is 11.8 Å². The predicted octanol–water partition coefficient (Wildman–Crippen LogP) is 5.54. The minimum absolute atomic E-state index is 0.195. The summed E-state index contributed by atoms with van der Waals surface area (Å²) in [5.41, 5.74) is 3.09. The van der Waals surface area contributed by atoms with Crippen LogP contribution in [0.25, 0.3) is 6.08 Å². The number of imide groups is 1. The molecule has 0 radical (unpaired) electrons. The highest BCUT2D eigenvalue weighted by Gasteiger charge is 2.35. The molecule has 2 aliphatic rings. The lowest BCUT2D eigenvalue weighted by atomic mass is 9.95. The Morgan fingerprint density at radius 1 is 1.15 bits per heavy atom. The number of hydrogen-bond acceptors (Lipinski definition) is 3. The molecule has 140 valence electrons. The van der Waals surface area contributed by atoms with E-state index in [4.69, 9.17) is 0 Å².